The fraction of sp³-hybridized carbons (Fsp3) is 0.389. The second-order valence-corrected chi connectivity index (χ2v) is 5.91. The number of carbonyl (C=O) groups excluding carboxylic acids is 1. The van der Waals surface area contributed by atoms with E-state index in [9.17, 15) is 4.79 Å². The number of hydrogen-bond donors (Lipinski definition) is 1. The molecule has 1 N–H and O–H groups in total. The van der Waals surface area contributed by atoms with E-state index in [1.807, 2.05) is 29.2 Å². The first-order valence-corrected chi connectivity index (χ1v) is 7.95. The number of urea groups is 1. The van der Waals surface area contributed by atoms with Crippen LogP contribution in [0.5, 0.6) is 0 Å². The number of aromatic nitrogens is 1. The highest BCUT2D eigenvalue weighted by Crippen LogP contribution is 2.25. The predicted molar refractivity (Wildman–Crippen MR) is 88.9 cm³/mol. The van der Waals surface area contributed by atoms with Crippen LogP contribution in [0.1, 0.15) is 29.8 Å². The summed E-state index contributed by atoms with van der Waals surface area (Å²) >= 11 is 0. The maximum Gasteiger partial charge on any atom is 0.318 e. The lowest BCUT2D eigenvalue weighted by Gasteiger charge is -2.34. The molecule has 2 aromatic rings. The average Bonchev–Trinajstić information content (AvgIpc) is 3.03. The van der Waals surface area contributed by atoms with Gasteiger partial charge in [0.2, 0.25) is 0 Å². The molecule has 1 atom stereocenters. The molecular formula is C18H23N3O2. The van der Waals surface area contributed by atoms with Crippen LogP contribution < -0.4 is 5.32 Å². The van der Waals surface area contributed by atoms with Crippen LogP contribution in [0, 0.1) is 0 Å². The Hall–Kier alpha value is -2.27. The van der Waals surface area contributed by atoms with Crippen LogP contribution in [0.15, 0.2) is 42.6 Å². The third-order valence-electron chi connectivity index (χ3n) is 4.35. The summed E-state index contributed by atoms with van der Waals surface area (Å²) in [6, 6.07) is 12.3. The van der Waals surface area contributed by atoms with Gasteiger partial charge >= 0.3 is 6.03 Å². The van der Waals surface area contributed by atoms with Crippen LogP contribution in [-0.2, 0) is 24.4 Å². The Balaban J connectivity index is 1.61. The van der Waals surface area contributed by atoms with Gasteiger partial charge in [-0.2, -0.15) is 0 Å². The smallest absolute Gasteiger partial charge is 0.318 e. The molecule has 0 bridgehead atoms. The SMILES string of the molecule is COCc1cccc(CNC(=O)N2CCn3cccc3C2C)c1. The number of methoxy groups -OCH3 is 1. The van der Waals surface area contributed by atoms with Gasteiger partial charge in [0.15, 0.2) is 0 Å². The monoisotopic (exact) mass is 313 g/mol. The number of nitrogens with one attached hydrogen (secondary N) is 1. The highest BCUT2D eigenvalue weighted by atomic mass is 16.5. The van der Waals surface area contributed by atoms with E-state index in [1.54, 1.807) is 7.11 Å². The number of amides is 2. The van der Waals surface area contributed by atoms with Crippen LogP contribution >= 0.6 is 0 Å². The van der Waals surface area contributed by atoms with Crippen molar-refractivity contribution in [3.63, 3.8) is 0 Å². The van der Waals surface area contributed by atoms with Crippen molar-refractivity contribution in [1.82, 2.24) is 14.8 Å². The molecule has 1 aliphatic rings. The van der Waals surface area contributed by atoms with Gasteiger partial charge in [-0.15, -0.1) is 0 Å². The standard InChI is InChI=1S/C18H23N3O2/c1-14-17-7-4-8-20(17)9-10-21(14)18(22)19-12-15-5-3-6-16(11-15)13-23-2/h3-8,11,14H,9-10,12-13H2,1-2H3,(H,19,22). The first-order chi connectivity index (χ1) is 11.2. The molecule has 0 aliphatic carbocycles. The van der Waals surface area contributed by atoms with Gasteiger partial charge in [0.05, 0.1) is 12.6 Å². The van der Waals surface area contributed by atoms with Gasteiger partial charge in [0, 0.05) is 38.6 Å². The summed E-state index contributed by atoms with van der Waals surface area (Å²) in [5, 5.41) is 3.03. The molecule has 1 aromatic carbocycles. The lowest BCUT2D eigenvalue weighted by Crippen LogP contribution is -2.45. The third-order valence-corrected chi connectivity index (χ3v) is 4.35. The highest BCUT2D eigenvalue weighted by molar-refractivity contribution is 5.74. The first kappa shape index (κ1) is 15.6. The number of rotatable bonds is 4. The fourth-order valence-electron chi connectivity index (χ4n) is 3.13. The summed E-state index contributed by atoms with van der Waals surface area (Å²) in [7, 11) is 1.68. The topological polar surface area (TPSA) is 46.5 Å². The van der Waals surface area contributed by atoms with E-state index in [2.05, 4.69) is 35.1 Å². The minimum atomic E-state index is -0.0119. The molecule has 0 radical (unpaired) electrons. The molecule has 1 aromatic heterocycles. The van der Waals surface area contributed by atoms with Crippen molar-refractivity contribution in [3.05, 3.63) is 59.4 Å². The Morgan fingerprint density at radius 2 is 2.09 bits per heavy atom. The summed E-state index contributed by atoms with van der Waals surface area (Å²) in [4.78, 5) is 14.4. The van der Waals surface area contributed by atoms with Gasteiger partial charge in [0.25, 0.3) is 0 Å². The van der Waals surface area contributed by atoms with E-state index in [4.69, 9.17) is 4.74 Å². The summed E-state index contributed by atoms with van der Waals surface area (Å²) in [6.07, 6.45) is 2.07. The second-order valence-electron chi connectivity index (χ2n) is 5.91. The fourth-order valence-corrected chi connectivity index (χ4v) is 3.13. The van der Waals surface area contributed by atoms with Gasteiger partial charge in [-0.05, 0) is 30.2 Å². The van der Waals surface area contributed by atoms with E-state index < -0.39 is 0 Å². The van der Waals surface area contributed by atoms with Crippen LogP contribution in [0.2, 0.25) is 0 Å². The quantitative estimate of drug-likeness (QED) is 0.943. The molecule has 1 unspecified atom stereocenters. The Morgan fingerprint density at radius 3 is 2.91 bits per heavy atom. The van der Waals surface area contributed by atoms with Gasteiger partial charge < -0.3 is 19.5 Å². The van der Waals surface area contributed by atoms with Crippen LogP contribution in [0.3, 0.4) is 0 Å². The van der Waals surface area contributed by atoms with E-state index in [0.717, 1.165) is 24.2 Å². The summed E-state index contributed by atoms with van der Waals surface area (Å²) < 4.78 is 7.36. The maximum atomic E-state index is 12.5. The molecule has 3 rings (SSSR count). The third kappa shape index (κ3) is 3.40. The number of fused-ring (bicyclic) bond motifs is 1. The van der Waals surface area contributed by atoms with Crippen molar-refractivity contribution < 1.29 is 9.53 Å². The number of ether oxygens (including phenoxy) is 1. The molecule has 2 heterocycles. The zero-order chi connectivity index (χ0) is 16.2. The second kappa shape index (κ2) is 6.87. The zero-order valence-electron chi connectivity index (χ0n) is 13.7. The number of benzene rings is 1. The molecule has 0 saturated heterocycles. The lowest BCUT2D eigenvalue weighted by molar-refractivity contribution is 0.162. The van der Waals surface area contributed by atoms with Crippen molar-refractivity contribution in [2.24, 2.45) is 0 Å². The molecule has 0 saturated carbocycles. The maximum absolute atomic E-state index is 12.5. The normalized spacial score (nSPS) is 17.0. The minimum absolute atomic E-state index is 0.0119. The Morgan fingerprint density at radius 1 is 1.26 bits per heavy atom. The largest absolute Gasteiger partial charge is 0.380 e. The molecular weight excluding hydrogens is 290 g/mol. The molecule has 0 fully saturated rings. The van der Waals surface area contributed by atoms with Crippen molar-refractivity contribution in [2.45, 2.75) is 32.7 Å². The van der Waals surface area contributed by atoms with Gasteiger partial charge in [-0.3, -0.25) is 0 Å². The number of carbonyl (C=O) groups is 1. The minimum Gasteiger partial charge on any atom is -0.380 e. The molecule has 2 amide bonds. The van der Waals surface area contributed by atoms with Crippen LogP contribution in [-0.4, -0.2) is 29.2 Å². The lowest BCUT2D eigenvalue weighted by atomic mass is 10.1. The number of hydrogen-bond acceptors (Lipinski definition) is 2. The zero-order valence-corrected chi connectivity index (χ0v) is 13.7. The molecule has 1 aliphatic heterocycles. The molecule has 5 heteroatoms. The van der Waals surface area contributed by atoms with Crippen molar-refractivity contribution in [3.8, 4) is 0 Å². The number of nitrogens with zero attached hydrogens (tertiary/aromatic N) is 2. The van der Waals surface area contributed by atoms with E-state index >= 15 is 0 Å². The van der Waals surface area contributed by atoms with Gasteiger partial charge in [-0.25, -0.2) is 4.79 Å². The Labute approximate surface area is 136 Å². The Kier molecular flexibility index (Phi) is 4.67. The average molecular weight is 313 g/mol. The molecule has 122 valence electrons. The summed E-state index contributed by atoms with van der Waals surface area (Å²) in [5.41, 5.74) is 3.39. The van der Waals surface area contributed by atoms with Gasteiger partial charge in [-0.1, -0.05) is 24.3 Å². The van der Waals surface area contributed by atoms with Crippen LogP contribution in [0.4, 0.5) is 4.79 Å². The van der Waals surface area contributed by atoms with Crippen molar-refractivity contribution in [1.29, 1.82) is 0 Å². The van der Waals surface area contributed by atoms with E-state index in [0.29, 0.717) is 13.2 Å². The molecule has 5 nitrogen and oxygen atoms in total. The first-order valence-electron chi connectivity index (χ1n) is 7.95. The molecule has 23 heavy (non-hydrogen) atoms. The highest BCUT2D eigenvalue weighted by Gasteiger charge is 2.27. The molecule has 0 spiro atoms. The van der Waals surface area contributed by atoms with E-state index in [1.165, 1.54) is 5.69 Å². The summed E-state index contributed by atoms with van der Waals surface area (Å²) in [5.74, 6) is 0. The van der Waals surface area contributed by atoms with Crippen molar-refractivity contribution >= 4 is 6.03 Å². The van der Waals surface area contributed by atoms with Gasteiger partial charge in [0.1, 0.15) is 0 Å². The Bertz CT molecular complexity index is 680. The van der Waals surface area contributed by atoms with Crippen molar-refractivity contribution in [2.75, 3.05) is 13.7 Å². The van der Waals surface area contributed by atoms with Crippen LogP contribution in [0.25, 0.3) is 0 Å². The van der Waals surface area contributed by atoms with E-state index in [-0.39, 0.29) is 12.1 Å². The predicted octanol–water partition coefficient (Wildman–Crippen LogP) is 2.92. The summed E-state index contributed by atoms with van der Waals surface area (Å²) in [6.45, 7) is 4.77.